The highest BCUT2D eigenvalue weighted by Gasteiger charge is 2.16. The number of aliphatic hydroxyl groups excluding tert-OH is 1. The van der Waals surface area contributed by atoms with Gasteiger partial charge in [-0.25, -0.2) is 4.68 Å². The molecular formula is C16H16N4O. The molecule has 3 rings (SSSR count). The molecule has 0 aliphatic rings. The Labute approximate surface area is 122 Å². The largest absolute Gasteiger partial charge is 0.390 e. The van der Waals surface area contributed by atoms with E-state index < -0.39 is 0 Å². The molecule has 5 nitrogen and oxygen atoms in total. The molecule has 1 aromatic carbocycles. The van der Waals surface area contributed by atoms with Crippen molar-refractivity contribution in [1.29, 1.82) is 0 Å². The fourth-order valence-corrected chi connectivity index (χ4v) is 2.25. The zero-order valence-corrected chi connectivity index (χ0v) is 12.0. The molecule has 21 heavy (non-hydrogen) atoms. The van der Waals surface area contributed by atoms with Gasteiger partial charge in [-0.1, -0.05) is 11.3 Å². The van der Waals surface area contributed by atoms with Gasteiger partial charge in [0.15, 0.2) is 0 Å². The van der Waals surface area contributed by atoms with Gasteiger partial charge in [0.2, 0.25) is 0 Å². The van der Waals surface area contributed by atoms with E-state index in [2.05, 4.69) is 41.3 Å². The van der Waals surface area contributed by atoms with Gasteiger partial charge in [0.1, 0.15) is 11.4 Å². The van der Waals surface area contributed by atoms with Crippen molar-refractivity contribution >= 4 is 0 Å². The molecule has 0 saturated carbocycles. The summed E-state index contributed by atoms with van der Waals surface area (Å²) in [5, 5.41) is 17.8. The number of benzene rings is 1. The quantitative estimate of drug-likeness (QED) is 0.800. The first-order valence-corrected chi connectivity index (χ1v) is 6.74. The van der Waals surface area contributed by atoms with E-state index in [4.69, 9.17) is 0 Å². The van der Waals surface area contributed by atoms with Crippen molar-refractivity contribution in [2.24, 2.45) is 0 Å². The Kier molecular flexibility index (Phi) is 3.50. The first-order chi connectivity index (χ1) is 10.2. The molecule has 0 unspecified atom stereocenters. The van der Waals surface area contributed by atoms with Gasteiger partial charge in [-0.2, -0.15) is 0 Å². The Balaban J connectivity index is 2.20. The lowest BCUT2D eigenvalue weighted by molar-refractivity contribution is 0.277. The van der Waals surface area contributed by atoms with E-state index in [-0.39, 0.29) is 6.61 Å². The summed E-state index contributed by atoms with van der Waals surface area (Å²) in [5.41, 5.74) is 5.53. The minimum atomic E-state index is -0.158. The first kappa shape index (κ1) is 13.5. The second-order valence-corrected chi connectivity index (χ2v) is 4.96. The molecule has 5 heteroatoms. The van der Waals surface area contributed by atoms with Gasteiger partial charge in [0.25, 0.3) is 0 Å². The molecule has 0 aliphatic heterocycles. The van der Waals surface area contributed by atoms with Gasteiger partial charge in [-0.15, -0.1) is 5.10 Å². The number of aliphatic hydroxyl groups is 1. The third kappa shape index (κ3) is 2.43. The second kappa shape index (κ2) is 5.46. The minimum Gasteiger partial charge on any atom is -0.390 e. The lowest BCUT2D eigenvalue weighted by Crippen LogP contribution is -2.01. The van der Waals surface area contributed by atoms with E-state index in [0.29, 0.717) is 5.69 Å². The van der Waals surface area contributed by atoms with Crippen molar-refractivity contribution in [2.45, 2.75) is 20.5 Å². The Morgan fingerprint density at radius 2 is 2.00 bits per heavy atom. The second-order valence-electron chi connectivity index (χ2n) is 4.96. The Morgan fingerprint density at radius 1 is 1.14 bits per heavy atom. The molecule has 0 aliphatic carbocycles. The molecule has 3 aromatic rings. The van der Waals surface area contributed by atoms with E-state index in [0.717, 1.165) is 16.9 Å². The summed E-state index contributed by atoms with van der Waals surface area (Å²) in [6.45, 7) is 3.98. The summed E-state index contributed by atoms with van der Waals surface area (Å²) < 4.78 is 1.75. The third-order valence-corrected chi connectivity index (χ3v) is 3.56. The molecular weight excluding hydrogens is 264 g/mol. The molecule has 0 fully saturated rings. The van der Waals surface area contributed by atoms with Crippen molar-refractivity contribution in [2.75, 3.05) is 0 Å². The Bertz CT molecular complexity index is 765. The van der Waals surface area contributed by atoms with Crippen LogP contribution < -0.4 is 0 Å². The first-order valence-electron chi connectivity index (χ1n) is 6.74. The summed E-state index contributed by atoms with van der Waals surface area (Å²) in [7, 11) is 0. The maximum atomic E-state index is 9.50. The number of nitrogens with zero attached hydrogens (tertiary/aromatic N) is 4. The van der Waals surface area contributed by atoms with Crippen LogP contribution in [0, 0.1) is 13.8 Å². The Hall–Kier alpha value is -2.53. The van der Waals surface area contributed by atoms with E-state index in [1.54, 1.807) is 17.1 Å². The van der Waals surface area contributed by atoms with Crippen LogP contribution in [0.1, 0.15) is 16.8 Å². The van der Waals surface area contributed by atoms with Gasteiger partial charge in [0, 0.05) is 18.0 Å². The normalized spacial score (nSPS) is 10.8. The molecule has 2 heterocycles. The van der Waals surface area contributed by atoms with Crippen LogP contribution in [0.4, 0.5) is 0 Å². The topological polar surface area (TPSA) is 63.8 Å². The van der Waals surface area contributed by atoms with Gasteiger partial charge in [-0.3, -0.25) is 4.98 Å². The summed E-state index contributed by atoms with van der Waals surface area (Å²) in [4.78, 5) is 4.13. The number of aryl methyl sites for hydroxylation is 2. The average Bonchev–Trinajstić information content (AvgIpc) is 2.95. The number of hydrogen-bond donors (Lipinski definition) is 1. The van der Waals surface area contributed by atoms with Crippen molar-refractivity contribution in [3.8, 4) is 16.9 Å². The fourth-order valence-electron chi connectivity index (χ4n) is 2.25. The van der Waals surface area contributed by atoms with Crippen molar-refractivity contribution < 1.29 is 5.11 Å². The summed E-state index contributed by atoms with van der Waals surface area (Å²) >= 11 is 0. The molecule has 106 valence electrons. The fraction of sp³-hybridized carbons (Fsp3) is 0.188. The lowest BCUT2D eigenvalue weighted by atomic mass is 10.1. The van der Waals surface area contributed by atoms with Crippen LogP contribution in [0.5, 0.6) is 0 Å². The maximum absolute atomic E-state index is 9.50. The SMILES string of the molecule is Cc1ccc(-n2nnc(CO)c2-c2cccnc2)cc1C. The van der Waals surface area contributed by atoms with E-state index in [1.165, 1.54) is 11.1 Å². The van der Waals surface area contributed by atoms with Crippen LogP contribution in [0.25, 0.3) is 16.9 Å². The van der Waals surface area contributed by atoms with Crippen LogP contribution in [0.3, 0.4) is 0 Å². The third-order valence-electron chi connectivity index (χ3n) is 3.56. The molecule has 2 aromatic heterocycles. The molecule has 1 N–H and O–H groups in total. The number of rotatable bonds is 3. The van der Waals surface area contributed by atoms with Crippen LogP contribution in [0.15, 0.2) is 42.7 Å². The predicted molar refractivity (Wildman–Crippen MR) is 80.0 cm³/mol. The lowest BCUT2D eigenvalue weighted by Gasteiger charge is -2.09. The predicted octanol–water partition coefficient (Wildman–Crippen LogP) is 2.44. The summed E-state index contributed by atoms with van der Waals surface area (Å²) in [6.07, 6.45) is 3.46. The summed E-state index contributed by atoms with van der Waals surface area (Å²) in [5.74, 6) is 0. The van der Waals surface area contributed by atoms with Crippen molar-refractivity contribution in [3.63, 3.8) is 0 Å². The maximum Gasteiger partial charge on any atom is 0.117 e. The van der Waals surface area contributed by atoms with Gasteiger partial charge in [0.05, 0.1) is 12.3 Å². The minimum absolute atomic E-state index is 0.158. The number of aromatic nitrogens is 4. The van der Waals surface area contributed by atoms with Gasteiger partial charge in [-0.05, 0) is 49.2 Å². The highest BCUT2D eigenvalue weighted by atomic mass is 16.3. The number of pyridine rings is 1. The van der Waals surface area contributed by atoms with Crippen molar-refractivity contribution in [3.05, 3.63) is 59.5 Å². The van der Waals surface area contributed by atoms with Crippen LogP contribution in [-0.2, 0) is 6.61 Å². The highest BCUT2D eigenvalue weighted by molar-refractivity contribution is 5.63. The molecule has 0 radical (unpaired) electrons. The van der Waals surface area contributed by atoms with Crippen molar-refractivity contribution in [1.82, 2.24) is 20.0 Å². The molecule has 0 amide bonds. The van der Waals surface area contributed by atoms with E-state index >= 15 is 0 Å². The number of hydrogen-bond acceptors (Lipinski definition) is 4. The van der Waals surface area contributed by atoms with E-state index in [9.17, 15) is 5.11 Å². The summed E-state index contributed by atoms with van der Waals surface area (Å²) in [6, 6.07) is 9.90. The molecule has 0 bridgehead atoms. The zero-order valence-electron chi connectivity index (χ0n) is 12.0. The monoisotopic (exact) mass is 280 g/mol. The van der Waals surface area contributed by atoms with Gasteiger partial charge < -0.3 is 5.11 Å². The molecule has 0 atom stereocenters. The Morgan fingerprint density at radius 3 is 2.67 bits per heavy atom. The van der Waals surface area contributed by atoms with Gasteiger partial charge >= 0.3 is 0 Å². The zero-order chi connectivity index (χ0) is 14.8. The van der Waals surface area contributed by atoms with E-state index in [1.807, 2.05) is 18.2 Å². The van der Waals surface area contributed by atoms with Crippen LogP contribution in [-0.4, -0.2) is 25.1 Å². The average molecular weight is 280 g/mol. The van der Waals surface area contributed by atoms with Crippen LogP contribution >= 0.6 is 0 Å². The molecule has 0 saturated heterocycles. The standard InChI is InChI=1S/C16H16N4O/c1-11-5-6-14(8-12(11)2)20-16(15(10-21)18-19-20)13-4-3-7-17-9-13/h3-9,21H,10H2,1-2H3. The van der Waals surface area contributed by atoms with Crippen LogP contribution in [0.2, 0.25) is 0 Å². The smallest absolute Gasteiger partial charge is 0.117 e. The molecule has 0 spiro atoms. The highest BCUT2D eigenvalue weighted by Crippen LogP contribution is 2.25.